The Bertz CT molecular complexity index is 86.9. The molecule has 0 saturated heterocycles. The van der Waals surface area contributed by atoms with E-state index in [1.807, 2.05) is 0 Å². The van der Waals surface area contributed by atoms with Crippen LogP contribution in [-0.4, -0.2) is 5.88 Å². The topological polar surface area (TPSA) is 0 Å². The minimum Gasteiger partial charge on any atom is -0.126 e. The lowest BCUT2D eigenvalue weighted by atomic mass is 9.82. The molecule has 0 bridgehead atoms. The van der Waals surface area contributed by atoms with Crippen LogP contribution in [-0.2, 0) is 0 Å². The molecule has 0 N–H and O–H groups in total. The van der Waals surface area contributed by atoms with Crippen LogP contribution in [0.5, 0.6) is 0 Å². The molecule has 0 nitrogen and oxygen atoms in total. The van der Waals surface area contributed by atoms with Gasteiger partial charge in [-0.15, -0.1) is 11.6 Å². The SMILES string of the molecule is CCC(C)C(C)C(CC)CCl. The Labute approximate surface area is 76.3 Å². The predicted octanol–water partition coefficient (Wildman–Crippen LogP) is 3.93. The molecule has 0 aliphatic carbocycles. The molecule has 0 fully saturated rings. The lowest BCUT2D eigenvalue weighted by molar-refractivity contribution is 0.269. The lowest BCUT2D eigenvalue weighted by Gasteiger charge is -2.25. The van der Waals surface area contributed by atoms with Crippen LogP contribution in [0.2, 0.25) is 0 Å². The minimum atomic E-state index is 0.714. The summed E-state index contributed by atoms with van der Waals surface area (Å²) in [4.78, 5) is 0. The fourth-order valence-corrected chi connectivity index (χ4v) is 1.96. The molecule has 68 valence electrons. The molecule has 0 spiro atoms. The Kier molecular flexibility index (Phi) is 6.03. The summed E-state index contributed by atoms with van der Waals surface area (Å²) in [6.07, 6.45) is 2.49. The summed E-state index contributed by atoms with van der Waals surface area (Å²) in [5, 5.41) is 0. The van der Waals surface area contributed by atoms with E-state index in [-0.39, 0.29) is 0 Å². The van der Waals surface area contributed by atoms with Gasteiger partial charge in [0.1, 0.15) is 0 Å². The first-order valence-corrected chi connectivity index (χ1v) is 5.26. The van der Waals surface area contributed by atoms with Gasteiger partial charge in [0.15, 0.2) is 0 Å². The van der Waals surface area contributed by atoms with Crippen molar-refractivity contribution in [1.82, 2.24) is 0 Å². The summed E-state index contributed by atoms with van der Waals surface area (Å²) in [6, 6.07) is 0. The van der Waals surface area contributed by atoms with Crippen LogP contribution in [0.4, 0.5) is 0 Å². The molecule has 1 heteroatoms. The fraction of sp³-hybridized carbons (Fsp3) is 1.00. The highest BCUT2D eigenvalue weighted by Crippen LogP contribution is 2.26. The second-order valence-corrected chi connectivity index (χ2v) is 3.88. The second-order valence-electron chi connectivity index (χ2n) is 3.57. The average molecular weight is 177 g/mol. The summed E-state index contributed by atoms with van der Waals surface area (Å²) >= 11 is 5.86. The van der Waals surface area contributed by atoms with E-state index in [0.717, 1.165) is 17.7 Å². The highest BCUT2D eigenvalue weighted by Gasteiger charge is 2.18. The van der Waals surface area contributed by atoms with Gasteiger partial charge in [-0.25, -0.2) is 0 Å². The van der Waals surface area contributed by atoms with Gasteiger partial charge in [-0.05, 0) is 17.8 Å². The van der Waals surface area contributed by atoms with Crippen LogP contribution in [0.15, 0.2) is 0 Å². The molecule has 0 radical (unpaired) electrons. The van der Waals surface area contributed by atoms with Crippen molar-refractivity contribution in [2.45, 2.75) is 40.5 Å². The summed E-state index contributed by atoms with van der Waals surface area (Å²) in [5.41, 5.74) is 0. The summed E-state index contributed by atoms with van der Waals surface area (Å²) in [5.74, 6) is 3.13. The number of alkyl halides is 1. The molecule has 3 atom stereocenters. The van der Waals surface area contributed by atoms with Gasteiger partial charge >= 0.3 is 0 Å². The van der Waals surface area contributed by atoms with Crippen molar-refractivity contribution in [2.24, 2.45) is 17.8 Å². The molecular formula is C10H21Cl. The van der Waals surface area contributed by atoms with Crippen molar-refractivity contribution in [3.05, 3.63) is 0 Å². The van der Waals surface area contributed by atoms with Gasteiger partial charge < -0.3 is 0 Å². The number of hydrogen-bond donors (Lipinski definition) is 0. The summed E-state index contributed by atoms with van der Waals surface area (Å²) in [7, 11) is 0. The first-order chi connectivity index (χ1) is 5.17. The zero-order chi connectivity index (χ0) is 8.85. The lowest BCUT2D eigenvalue weighted by Crippen LogP contribution is -2.19. The molecule has 0 rings (SSSR count). The van der Waals surface area contributed by atoms with E-state index in [1.54, 1.807) is 0 Å². The number of halogens is 1. The normalized spacial score (nSPS) is 19.4. The maximum absolute atomic E-state index is 5.86. The molecule has 0 aromatic rings. The van der Waals surface area contributed by atoms with E-state index in [1.165, 1.54) is 12.8 Å². The predicted molar refractivity (Wildman–Crippen MR) is 53.1 cm³/mol. The third kappa shape index (κ3) is 3.46. The van der Waals surface area contributed by atoms with E-state index in [0.29, 0.717) is 5.92 Å². The van der Waals surface area contributed by atoms with Gasteiger partial charge in [0.2, 0.25) is 0 Å². The Balaban J connectivity index is 3.86. The van der Waals surface area contributed by atoms with E-state index in [9.17, 15) is 0 Å². The van der Waals surface area contributed by atoms with E-state index >= 15 is 0 Å². The molecule has 11 heavy (non-hydrogen) atoms. The van der Waals surface area contributed by atoms with Crippen LogP contribution in [0, 0.1) is 17.8 Å². The van der Waals surface area contributed by atoms with Crippen LogP contribution < -0.4 is 0 Å². The molecule has 0 aliphatic rings. The minimum absolute atomic E-state index is 0.714. The van der Waals surface area contributed by atoms with Crippen molar-refractivity contribution in [2.75, 3.05) is 5.88 Å². The maximum atomic E-state index is 5.86. The maximum Gasteiger partial charge on any atom is 0.0254 e. The highest BCUT2D eigenvalue weighted by molar-refractivity contribution is 6.18. The van der Waals surface area contributed by atoms with Crippen LogP contribution in [0.3, 0.4) is 0 Å². The van der Waals surface area contributed by atoms with Crippen molar-refractivity contribution in [1.29, 1.82) is 0 Å². The quantitative estimate of drug-likeness (QED) is 0.557. The van der Waals surface area contributed by atoms with Crippen molar-refractivity contribution in [3.8, 4) is 0 Å². The first kappa shape index (κ1) is 11.3. The summed E-state index contributed by atoms with van der Waals surface area (Å²) in [6.45, 7) is 9.12. The molecule has 0 aromatic carbocycles. The van der Waals surface area contributed by atoms with Gasteiger partial charge in [-0.2, -0.15) is 0 Å². The zero-order valence-corrected chi connectivity index (χ0v) is 8.99. The third-order valence-electron chi connectivity index (χ3n) is 3.01. The van der Waals surface area contributed by atoms with Gasteiger partial charge in [-0.3, -0.25) is 0 Å². The standard InChI is InChI=1S/C10H21Cl/c1-5-8(3)9(4)10(6-2)7-11/h8-10H,5-7H2,1-4H3. The van der Waals surface area contributed by atoms with Crippen LogP contribution in [0.1, 0.15) is 40.5 Å². The Morgan fingerprint density at radius 2 is 1.64 bits per heavy atom. The number of rotatable bonds is 5. The van der Waals surface area contributed by atoms with Crippen LogP contribution >= 0.6 is 11.6 Å². The molecular weight excluding hydrogens is 156 g/mol. The Morgan fingerprint density at radius 1 is 1.09 bits per heavy atom. The smallest absolute Gasteiger partial charge is 0.0254 e. The molecule has 0 aliphatic heterocycles. The van der Waals surface area contributed by atoms with E-state index in [4.69, 9.17) is 11.6 Å². The monoisotopic (exact) mass is 176 g/mol. The average Bonchev–Trinajstić information content (AvgIpc) is 2.05. The van der Waals surface area contributed by atoms with Crippen molar-refractivity contribution in [3.63, 3.8) is 0 Å². The van der Waals surface area contributed by atoms with Gasteiger partial charge in [0.25, 0.3) is 0 Å². The van der Waals surface area contributed by atoms with Crippen LogP contribution in [0.25, 0.3) is 0 Å². The van der Waals surface area contributed by atoms with E-state index < -0.39 is 0 Å². The van der Waals surface area contributed by atoms with E-state index in [2.05, 4.69) is 27.7 Å². The Hall–Kier alpha value is 0.290. The van der Waals surface area contributed by atoms with Gasteiger partial charge in [0.05, 0.1) is 0 Å². The summed E-state index contributed by atoms with van der Waals surface area (Å²) < 4.78 is 0. The second kappa shape index (κ2) is 5.88. The van der Waals surface area contributed by atoms with Gasteiger partial charge in [0, 0.05) is 5.88 Å². The Morgan fingerprint density at radius 3 is 1.91 bits per heavy atom. The molecule has 0 heterocycles. The third-order valence-corrected chi connectivity index (χ3v) is 3.40. The molecule has 0 amide bonds. The molecule has 0 aromatic heterocycles. The largest absolute Gasteiger partial charge is 0.126 e. The first-order valence-electron chi connectivity index (χ1n) is 4.73. The fourth-order valence-electron chi connectivity index (χ4n) is 1.46. The molecule has 3 unspecified atom stereocenters. The molecule has 0 saturated carbocycles. The van der Waals surface area contributed by atoms with Crippen molar-refractivity contribution >= 4 is 11.6 Å². The number of hydrogen-bond acceptors (Lipinski definition) is 0. The highest BCUT2D eigenvalue weighted by atomic mass is 35.5. The van der Waals surface area contributed by atoms with Gasteiger partial charge in [-0.1, -0.05) is 40.5 Å². The zero-order valence-electron chi connectivity index (χ0n) is 8.23. The van der Waals surface area contributed by atoms with Crippen molar-refractivity contribution < 1.29 is 0 Å².